The zero-order valence-electron chi connectivity index (χ0n) is 15.5. The van der Waals surface area contributed by atoms with Crippen LogP contribution in [0.3, 0.4) is 0 Å². The van der Waals surface area contributed by atoms with Crippen molar-refractivity contribution in [1.82, 2.24) is 0 Å². The summed E-state index contributed by atoms with van der Waals surface area (Å²) in [5.41, 5.74) is 6.14. The Balaban J connectivity index is 2.02. The maximum Gasteiger partial charge on any atom is 0.305 e. The van der Waals surface area contributed by atoms with E-state index >= 15 is 0 Å². The zero-order chi connectivity index (χ0) is 19.2. The molecule has 3 aromatic carbocycles. The average Bonchev–Trinajstić information content (AvgIpc) is 2.72. The Morgan fingerprint density at radius 3 is 1.78 bits per heavy atom. The Morgan fingerprint density at radius 1 is 0.741 bits per heavy atom. The molecule has 0 aliphatic rings. The van der Waals surface area contributed by atoms with Gasteiger partial charge in [0.2, 0.25) is 0 Å². The highest BCUT2D eigenvalue weighted by Gasteiger charge is 2.10. The van der Waals surface area contributed by atoms with Crippen LogP contribution in [0.15, 0.2) is 79.1 Å². The summed E-state index contributed by atoms with van der Waals surface area (Å²) in [5, 5.41) is 0. The molecule has 0 saturated carbocycles. The first kappa shape index (κ1) is 18.8. The SMILES string of the molecule is CCc1ccc(-c2ccc(-c3ccc(CC)cc3)c(OC=C(F)F)c2)cc1. The van der Waals surface area contributed by atoms with Gasteiger partial charge in [0.15, 0.2) is 6.26 Å². The number of halogens is 2. The Bertz CT molecular complexity index is 922. The molecule has 0 saturated heterocycles. The summed E-state index contributed by atoms with van der Waals surface area (Å²) in [6.45, 7) is 4.20. The molecule has 0 aliphatic carbocycles. The summed E-state index contributed by atoms with van der Waals surface area (Å²) in [4.78, 5) is 0. The summed E-state index contributed by atoms with van der Waals surface area (Å²) in [6, 6.07) is 22.0. The first-order chi connectivity index (χ1) is 13.1. The molecule has 0 radical (unpaired) electrons. The molecule has 1 nitrogen and oxygen atoms in total. The molecule has 3 heteroatoms. The fourth-order valence-electron chi connectivity index (χ4n) is 3.00. The molecular weight excluding hydrogens is 342 g/mol. The van der Waals surface area contributed by atoms with Crippen LogP contribution in [0, 0.1) is 0 Å². The lowest BCUT2D eigenvalue weighted by atomic mass is 9.97. The molecular formula is C24H22F2O. The highest BCUT2D eigenvalue weighted by atomic mass is 19.3. The van der Waals surface area contributed by atoms with Crippen molar-refractivity contribution in [3.63, 3.8) is 0 Å². The van der Waals surface area contributed by atoms with Crippen LogP contribution < -0.4 is 4.74 Å². The van der Waals surface area contributed by atoms with Gasteiger partial charge in [0.05, 0.1) is 0 Å². The van der Waals surface area contributed by atoms with E-state index in [1.54, 1.807) is 0 Å². The van der Waals surface area contributed by atoms with E-state index in [4.69, 9.17) is 4.74 Å². The molecule has 0 amide bonds. The van der Waals surface area contributed by atoms with Gasteiger partial charge >= 0.3 is 6.08 Å². The second kappa shape index (κ2) is 8.63. The van der Waals surface area contributed by atoms with E-state index in [2.05, 4.69) is 26.0 Å². The number of hydrogen-bond acceptors (Lipinski definition) is 1. The monoisotopic (exact) mass is 364 g/mol. The van der Waals surface area contributed by atoms with Crippen molar-refractivity contribution in [3.05, 3.63) is 90.2 Å². The van der Waals surface area contributed by atoms with Crippen LogP contribution in [0.4, 0.5) is 8.78 Å². The Hall–Kier alpha value is -2.94. The molecule has 3 aromatic rings. The topological polar surface area (TPSA) is 9.23 Å². The minimum absolute atomic E-state index is 0.407. The van der Waals surface area contributed by atoms with E-state index in [1.807, 2.05) is 54.6 Å². The minimum atomic E-state index is -1.86. The number of hydrogen-bond donors (Lipinski definition) is 0. The maximum atomic E-state index is 12.6. The summed E-state index contributed by atoms with van der Waals surface area (Å²) >= 11 is 0. The molecule has 0 unspecified atom stereocenters. The van der Waals surface area contributed by atoms with Gasteiger partial charge in [0.25, 0.3) is 0 Å². The van der Waals surface area contributed by atoms with Gasteiger partial charge in [0, 0.05) is 5.56 Å². The maximum absolute atomic E-state index is 12.6. The zero-order valence-corrected chi connectivity index (χ0v) is 15.5. The van der Waals surface area contributed by atoms with Crippen molar-refractivity contribution in [2.24, 2.45) is 0 Å². The summed E-state index contributed by atoms with van der Waals surface area (Å²) in [7, 11) is 0. The quantitative estimate of drug-likeness (QED) is 0.418. The summed E-state index contributed by atoms with van der Waals surface area (Å²) < 4.78 is 30.5. The van der Waals surface area contributed by atoms with Crippen LogP contribution >= 0.6 is 0 Å². The predicted molar refractivity (Wildman–Crippen MR) is 107 cm³/mol. The third kappa shape index (κ3) is 4.62. The van der Waals surface area contributed by atoms with Crippen LogP contribution in [0.5, 0.6) is 5.75 Å². The number of benzene rings is 3. The van der Waals surface area contributed by atoms with Gasteiger partial charge < -0.3 is 4.74 Å². The van der Waals surface area contributed by atoms with Crippen molar-refractivity contribution in [1.29, 1.82) is 0 Å². The van der Waals surface area contributed by atoms with Gasteiger partial charge in [-0.2, -0.15) is 8.78 Å². The number of rotatable bonds is 6. The van der Waals surface area contributed by atoms with Crippen molar-refractivity contribution in [3.8, 4) is 28.0 Å². The highest BCUT2D eigenvalue weighted by Crippen LogP contribution is 2.35. The van der Waals surface area contributed by atoms with E-state index in [1.165, 1.54) is 11.1 Å². The Kier molecular flexibility index (Phi) is 6.02. The largest absolute Gasteiger partial charge is 0.459 e. The average molecular weight is 364 g/mol. The van der Waals surface area contributed by atoms with Crippen molar-refractivity contribution < 1.29 is 13.5 Å². The van der Waals surface area contributed by atoms with Crippen molar-refractivity contribution in [2.45, 2.75) is 26.7 Å². The van der Waals surface area contributed by atoms with Gasteiger partial charge in [-0.05, 0) is 46.7 Å². The van der Waals surface area contributed by atoms with Crippen LogP contribution in [0.2, 0.25) is 0 Å². The fourth-order valence-corrected chi connectivity index (χ4v) is 3.00. The second-order valence-corrected chi connectivity index (χ2v) is 6.34. The highest BCUT2D eigenvalue weighted by molar-refractivity contribution is 5.76. The molecule has 0 spiro atoms. The smallest absolute Gasteiger partial charge is 0.305 e. The predicted octanol–water partition coefficient (Wildman–Crippen LogP) is 7.26. The first-order valence-electron chi connectivity index (χ1n) is 9.11. The van der Waals surface area contributed by atoms with E-state index in [-0.39, 0.29) is 0 Å². The second-order valence-electron chi connectivity index (χ2n) is 6.34. The molecule has 0 atom stereocenters. The van der Waals surface area contributed by atoms with E-state index in [0.717, 1.165) is 35.1 Å². The van der Waals surface area contributed by atoms with Gasteiger partial charge in [-0.1, -0.05) is 74.5 Å². The molecule has 0 bridgehead atoms. The van der Waals surface area contributed by atoms with Crippen LogP contribution in [0.1, 0.15) is 25.0 Å². The molecule has 138 valence electrons. The lowest BCUT2D eigenvalue weighted by molar-refractivity contribution is 0.365. The first-order valence-corrected chi connectivity index (χ1v) is 9.11. The fraction of sp³-hybridized carbons (Fsp3) is 0.167. The third-order valence-corrected chi connectivity index (χ3v) is 4.63. The van der Waals surface area contributed by atoms with Gasteiger partial charge in [-0.15, -0.1) is 0 Å². The molecule has 0 aliphatic heterocycles. The minimum Gasteiger partial charge on any atom is -0.459 e. The van der Waals surface area contributed by atoms with Crippen molar-refractivity contribution in [2.75, 3.05) is 0 Å². The molecule has 0 fully saturated rings. The normalized spacial score (nSPS) is 10.5. The van der Waals surface area contributed by atoms with E-state index < -0.39 is 6.08 Å². The Labute approximate surface area is 158 Å². The number of ether oxygens (including phenoxy) is 1. The standard InChI is InChI=1S/C24H22F2O/c1-3-17-5-9-19(10-6-17)21-13-14-22(23(15-21)27-16-24(25)26)20-11-7-18(4-2)8-12-20/h5-16H,3-4H2,1-2H3. The van der Waals surface area contributed by atoms with E-state index in [0.29, 0.717) is 12.0 Å². The Morgan fingerprint density at radius 2 is 1.26 bits per heavy atom. The third-order valence-electron chi connectivity index (χ3n) is 4.63. The molecule has 0 aromatic heterocycles. The molecule has 0 heterocycles. The lowest BCUT2D eigenvalue weighted by Gasteiger charge is -2.12. The van der Waals surface area contributed by atoms with Gasteiger partial charge in [-0.25, -0.2) is 0 Å². The van der Waals surface area contributed by atoms with E-state index in [9.17, 15) is 8.78 Å². The van der Waals surface area contributed by atoms with Crippen LogP contribution in [0.25, 0.3) is 22.3 Å². The van der Waals surface area contributed by atoms with Crippen LogP contribution in [-0.2, 0) is 12.8 Å². The summed E-state index contributed by atoms with van der Waals surface area (Å²) in [6.07, 6.45) is 0.553. The van der Waals surface area contributed by atoms with Crippen molar-refractivity contribution >= 4 is 0 Å². The van der Waals surface area contributed by atoms with Crippen LogP contribution in [-0.4, -0.2) is 0 Å². The number of aryl methyl sites for hydroxylation is 2. The molecule has 3 rings (SSSR count). The summed E-state index contributed by atoms with van der Waals surface area (Å²) in [5.74, 6) is 0.407. The molecule has 0 N–H and O–H groups in total. The van der Waals surface area contributed by atoms with Gasteiger partial charge in [0.1, 0.15) is 5.75 Å². The van der Waals surface area contributed by atoms with Gasteiger partial charge in [-0.3, -0.25) is 0 Å². The molecule has 27 heavy (non-hydrogen) atoms. The lowest BCUT2D eigenvalue weighted by Crippen LogP contribution is -1.90.